The van der Waals surface area contributed by atoms with Gasteiger partial charge in [-0.05, 0) is 19.3 Å². The number of aliphatic carboxylic acids is 1. The molecule has 1 atom stereocenters. The van der Waals surface area contributed by atoms with Gasteiger partial charge >= 0.3 is 11.9 Å². The number of carbonyl (C=O) groups is 2. The van der Waals surface area contributed by atoms with Crippen molar-refractivity contribution in [2.75, 3.05) is 27.7 Å². The van der Waals surface area contributed by atoms with Gasteiger partial charge in [-0.3, -0.25) is 9.59 Å². The van der Waals surface area contributed by atoms with Crippen LogP contribution < -0.4 is 0 Å². The predicted molar refractivity (Wildman–Crippen MR) is 106 cm³/mol. The lowest BCUT2D eigenvalue weighted by atomic mass is 10.1. The summed E-state index contributed by atoms with van der Waals surface area (Å²) in [6.45, 7) is 2.73. The van der Waals surface area contributed by atoms with Gasteiger partial charge in [-0.2, -0.15) is 0 Å². The first-order chi connectivity index (χ1) is 12.2. The van der Waals surface area contributed by atoms with Crippen LogP contribution in [0.15, 0.2) is 12.2 Å². The fourth-order valence-electron chi connectivity index (χ4n) is 2.85. The number of unbranched alkanes of at least 4 members (excludes halogenated alkanes) is 7. The summed E-state index contributed by atoms with van der Waals surface area (Å²) < 4.78 is 5.92. The summed E-state index contributed by atoms with van der Waals surface area (Å²) in [5, 5.41) is 8.96. The van der Waals surface area contributed by atoms with Crippen molar-refractivity contribution >= 4 is 11.9 Å². The Kier molecular flexibility index (Phi) is 14.0. The minimum absolute atomic E-state index is 0.143. The molecule has 0 aliphatic carbocycles. The van der Waals surface area contributed by atoms with Crippen molar-refractivity contribution in [2.45, 2.75) is 83.7 Å². The van der Waals surface area contributed by atoms with Gasteiger partial charge in [0.2, 0.25) is 0 Å². The second kappa shape index (κ2) is 14.8. The lowest BCUT2D eigenvalue weighted by Gasteiger charge is -2.28. The van der Waals surface area contributed by atoms with E-state index >= 15 is 0 Å². The molecule has 0 aliphatic heterocycles. The summed E-state index contributed by atoms with van der Waals surface area (Å²) in [7, 11) is 5.86. The van der Waals surface area contributed by atoms with E-state index in [1.807, 2.05) is 27.2 Å². The Balaban J connectivity index is 3.86. The number of hydrogen-bond donors (Lipinski definition) is 1. The van der Waals surface area contributed by atoms with Crippen LogP contribution in [0.5, 0.6) is 0 Å². The number of carboxylic acid groups (broad SMARTS) is 1. The molecular weight excluding hydrogens is 330 g/mol. The maximum Gasteiger partial charge on any atom is 0.307 e. The number of carboxylic acids is 1. The molecule has 0 saturated carbocycles. The molecule has 26 heavy (non-hydrogen) atoms. The zero-order chi connectivity index (χ0) is 19.8. The van der Waals surface area contributed by atoms with Crippen LogP contribution in [-0.2, 0) is 14.3 Å². The van der Waals surface area contributed by atoms with E-state index < -0.39 is 12.1 Å². The molecule has 152 valence electrons. The minimum Gasteiger partial charge on any atom is -0.481 e. The maximum atomic E-state index is 11.9. The molecule has 0 amide bonds. The first kappa shape index (κ1) is 24.6. The molecule has 5 heteroatoms. The Morgan fingerprint density at radius 1 is 0.962 bits per heavy atom. The molecule has 0 aromatic heterocycles. The molecule has 5 nitrogen and oxygen atoms in total. The van der Waals surface area contributed by atoms with Crippen LogP contribution >= 0.6 is 0 Å². The van der Waals surface area contributed by atoms with E-state index in [2.05, 4.69) is 13.0 Å². The Bertz CT molecular complexity index is 413. The average molecular weight is 371 g/mol. The summed E-state index contributed by atoms with van der Waals surface area (Å²) >= 11 is 0. The smallest absolute Gasteiger partial charge is 0.307 e. The van der Waals surface area contributed by atoms with E-state index in [1.165, 1.54) is 44.9 Å². The molecule has 0 fully saturated rings. The van der Waals surface area contributed by atoms with E-state index in [-0.39, 0.29) is 12.4 Å². The maximum absolute atomic E-state index is 11.9. The molecule has 0 radical (unpaired) electrons. The Morgan fingerprint density at radius 3 is 2.12 bits per heavy atom. The minimum atomic E-state index is -0.939. The Morgan fingerprint density at radius 2 is 1.54 bits per heavy atom. The predicted octanol–water partition coefficient (Wildman–Crippen LogP) is 4.56. The van der Waals surface area contributed by atoms with Crippen LogP contribution in [0.25, 0.3) is 0 Å². The first-order valence-corrected chi connectivity index (χ1v) is 10.1. The number of carbonyl (C=O) groups excluding carboxylic acids is 1. The SMILES string of the molecule is CCCCCCCCCC=CCCC(=O)OC(CC(=O)O)C[N+](C)(C)C. The lowest BCUT2D eigenvalue weighted by molar-refractivity contribution is -0.873. The number of likely N-dealkylation sites (N-methyl/N-ethyl adjacent to an activating group) is 1. The fourth-order valence-corrected chi connectivity index (χ4v) is 2.85. The van der Waals surface area contributed by atoms with Crippen molar-refractivity contribution in [3.05, 3.63) is 12.2 Å². The van der Waals surface area contributed by atoms with Crippen LogP contribution in [-0.4, -0.2) is 55.3 Å². The first-order valence-electron chi connectivity index (χ1n) is 10.1. The van der Waals surface area contributed by atoms with Crippen LogP contribution in [0.4, 0.5) is 0 Å². The summed E-state index contributed by atoms with van der Waals surface area (Å²) in [5.41, 5.74) is 0. The topological polar surface area (TPSA) is 63.6 Å². The van der Waals surface area contributed by atoms with Crippen LogP contribution in [0.3, 0.4) is 0 Å². The molecule has 0 saturated heterocycles. The third-order valence-electron chi connectivity index (χ3n) is 4.11. The fraction of sp³-hybridized carbons (Fsp3) is 0.810. The van der Waals surface area contributed by atoms with E-state index in [9.17, 15) is 9.59 Å². The second-order valence-electron chi connectivity index (χ2n) is 8.10. The molecule has 0 heterocycles. The van der Waals surface area contributed by atoms with Crippen LogP contribution in [0, 0.1) is 0 Å². The summed E-state index contributed by atoms with van der Waals surface area (Å²) in [6.07, 6.45) is 14.6. The molecule has 0 aliphatic rings. The van der Waals surface area contributed by atoms with Gasteiger partial charge in [-0.1, -0.05) is 57.6 Å². The van der Waals surface area contributed by atoms with E-state index in [0.29, 0.717) is 23.9 Å². The number of rotatable bonds is 16. The molecule has 0 rings (SSSR count). The van der Waals surface area contributed by atoms with Gasteiger partial charge in [-0.25, -0.2) is 0 Å². The highest BCUT2D eigenvalue weighted by Crippen LogP contribution is 2.10. The zero-order valence-electron chi connectivity index (χ0n) is 17.3. The zero-order valence-corrected chi connectivity index (χ0v) is 17.3. The molecule has 1 N–H and O–H groups in total. The van der Waals surface area contributed by atoms with E-state index in [1.54, 1.807) is 0 Å². The van der Waals surface area contributed by atoms with Crippen molar-refractivity contribution in [3.8, 4) is 0 Å². The van der Waals surface area contributed by atoms with Gasteiger partial charge in [-0.15, -0.1) is 0 Å². The standard InChI is InChI=1S/C21H39NO4/c1-5-6-7-8-9-10-11-12-13-14-15-16-21(25)26-19(17-20(23)24)18-22(2,3)4/h13-14,19H,5-12,15-18H2,1-4H3/p+1. The third-order valence-corrected chi connectivity index (χ3v) is 4.11. The summed E-state index contributed by atoms with van der Waals surface area (Å²) in [6, 6.07) is 0. The molecule has 0 spiro atoms. The number of hydrogen-bond acceptors (Lipinski definition) is 3. The normalized spacial score (nSPS) is 13.1. The third kappa shape index (κ3) is 17.5. The Hall–Kier alpha value is -1.36. The molecular formula is C21H40NO4+. The summed E-state index contributed by atoms with van der Waals surface area (Å²) in [4.78, 5) is 22.9. The number of esters is 1. The van der Waals surface area contributed by atoms with Crippen LogP contribution in [0.2, 0.25) is 0 Å². The molecule has 1 unspecified atom stereocenters. The van der Waals surface area contributed by atoms with Crippen molar-refractivity contribution in [1.82, 2.24) is 0 Å². The highest BCUT2D eigenvalue weighted by Gasteiger charge is 2.24. The summed E-state index contributed by atoms with van der Waals surface area (Å²) in [5.74, 6) is -1.25. The van der Waals surface area contributed by atoms with Crippen molar-refractivity contribution < 1.29 is 23.9 Å². The van der Waals surface area contributed by atoms with E-state index in [0.717, 1.165) is 6.42 Å². The Labute approximate surface area is 160 Å². The monoisotopic (exact) mass is 370 g/mol. The largest absolute Gasteiger partial charge is 0.481 e. The molecule has 0 aromatic rings. The van der Waals surface area contributed by atoms with Gasteiger partial charge in [0, 0.05) is 6.42 Å². The van der Waals surface area contributed by atoms with Crippen molar-refractivity contribution in [1.29, 1.82) is 0 Å². The molecule has 0 bridgehead atoms. The van der Waals surface area contributed by atoms with E-state index in [4.69, 9.17) is 9.84 Å². The van der Waals surface area contributed by atoms with Crippen molar-refractivity contribution in [2.24, 2.45) is 0 Å². The van der Waals surface area contributed by atoms with Gasteiger partial charge < -0.3 is 14.3 Å². The quantitative estimate of drug-likeness (QED) is 0.187. The average Bonchev–Trinajstić information content (AvgIpc) is 2.50. The van der Waals surface area contributed by atoms with Gasteiger partial charge in [0.15, 0.2) is 6.10 Å². The number of ether oxygens (including phenoxy) is 1. The van der Waals surface area contributed by atoms with Crippen molar-refractivity contribution in [3.63, 3.8) is 0 Å². The van der Waals surface area contributed by atoms with Gasteiger partial charge in [0.05, 0.1) is 27.6 Å². The highest BCUT2D eigenvalue weighted by atomic mass is 16.5. The number of quaternary nitrogens is 1. The number of allylic oxidation sites excluding steroid dienone is 2. The van der Waals surface area contributed by atoms with Crippen LogP contribution in [0.1, 0.15) is 77.6 Å². The lowest BCUT2D eigenvalue weighted by Crippen LogP contribution is -2.43. The molecule has 0 aromatic carbocycles. The van der Waals surface area contributed by atoms with Gasteiger partial charge in [0.25, 0.3) is 0 Å². The second-order valence-corrected chi connectivity index (χ2v) is 8.10. The number of nitrogens with zero attached hydrogens (tertiary/aromatic N) is 1. The highest BCUT2D eigenvalue weighted by molar-refractivity contribution is 5.71. The van der Waals surface area contributed by atoms with Gasteiger partial charge in [0.1, 0.15) is 6.54 Å².